The Morgan fingerprint density at radius 1 is 1.23 bits per heavy atom. The van der Waals surface area contributed by atoms with Gasteiger partial charge in [0.25, 0.3) is 0 Å². The zero-order valence-electron chi connectivity index (χ0n) is 9.39. The summed E-state index contributed by atoms with van der Waals surface area (Å²) < 4.78 is 0. The van der Waals surface area contributed by atoms with Gasteiger partial charge in [0.2, 0.25) is 0 Å². The van der Waals surface area contributed by atoms with E-state index < -0.39 is 5.60 Å². The van der Waals surface area contributed by atoms with Gasteiger partial charge in [-0.3, -0.25) is 0 Å². The first kappa shape index (κ1) is 12.9. The minimum absolute atomic E-state index is 0.176. The number of hydrogen-bond acceptors (Lipinski definition) is 3. The topological polar surface area (TPSA) is 52.5 Å². The van der Waals surface area contributed by atoms with Crippen LogP contribution >= 0.6 is 0 Å². The average Bonchev–Trinajstić information content (AvgIpc) is 1.98. The summed E-state index contributed by atoms with van der Waals surface area (Å²) in [5.41, 5.74) is -1.10. The Hall–Kier alpha value is -0.120. The second-order valence-electron chi connectivity index (χ2n) is 4.85. The minimum Gasteiger partial charge on any atom is -0.396 e. The highest BCUT2D eigenvalue weighted by Gasteiger charge is 2.34. The summed E-state index contributed by atoms with van der Waals surface area (Å²) in [4.78, 5) is 0. The lowest BCUT2D eigenvalue weighted by atomic mass is 9.85. The van der Waals surface area contributed by atoms with E-state index in [9.17, 15) is 5.11 Å². The number of rotatable bonds is 5. The summed E-state index contributed by atoms with van der Waals surface area (Å²) in [7, 11) is 0. The fourth-order valence-electron chi connectivity index (χ4n) is 0.710. The van der Waals surface area contributed by atoms with Crippen LogP contribution in [-0.2, 0) is 0 Å². The molecule has 0 fully saturated rings. The van der Waals surface area contributed by atoms with E-state index >= 15 is 0 Å². The van der Waals surface area contributed by atoms with Crippen molar-refractivity contribution in [3.8, 4) is 0 Å². The zero-order valence-corrected chi connectivity index (χ0v) is 9.39. The van der Waals surface area contributed by atoms with Crippen LogP contribution in [0.1, 0.15) is 34.6 Å². The van der Waals surface area contributed by atoms with Gasteiger partial charge in [-0.15, -0.1) is 0 Å². The molecule has 0 saturated carbocycles. The van der Waals surface area contributed by atoms with Crippen LogP contribution in [-0.4, -0.2) is 34.5 Å². The molecule has 80 valence electrons. The SMILES string of the molecule is CC(CO)CNC(C)(C)C(C)(C)O. The molecule has 13 heavy (non-hydrogen) atoms. The molecule has 0 aliphatic rings. The summed E-state index contributed by atoms with van der Waals surface area (Å²) in [6.07, 6.45) is 0. The summed E-state index contributed by atoms with van der Waals surface area (Å²) in [5.74, 6) is 0.224. The van der Waals surface area contributed by atoms with Crippen molar-refractivity contribution < 1.29 is 10.2 Å². The molecule has 3 N–H and O–H groups in total. The predicted octanol–water partition coefficient (Wildman–Crippen LogP) is 0.754. The van der Waals surface area contributed by atoms with E-state index in [0.29, 0.717) is 6.54 Å². The van der Waals surface area contributed by atoms with E-state index in [4.69, 9.17) is 5.11 Å². The molecule has 3 heteroatoms. The third-order valence-electron chi connectivity index (χ3n) is 2.73. The first-order valence-electron chi connectivity index (χ1n) is 4.79. The van der Waals surface area contributed by atoms with Crippen LogP contribution in [0.2, 0.25) is 0 Å². The lowest BCUT2D eigenvalue weighted by Gasteiger charge is -2.38. The van der Waals surface area contributed by atoms with Crippen molar-refractivity contribution in [1.29, 1.82) is 0 Å². The number of aliphatic hydroxyl groups is 2. The van der Waals surface area contributed by atoms with Gasteiger partial charge in [0.15, 0.2) is 0 Å². The molecule has 1 atom stereocenters. The van der Waals surface area contributed by atoms with Crippen LogP contribution in [0.5, 0.6) is 0 Å². The molecular formula is C10H23NO2. The molecule has 0 radical (unpaired) electrons. The first-order valence-corrected chi connectivity index (χ1v) is 4.79. The lowest BCUT2D eigenvalue weighted by Crippen LogP contribution is -2.56. The monoisotopic (exact) mass is 189 g/mol. The lowest BCUT2D eigenvalue weighted by molar-refractivity contribution is -0.00676. The standard InChI is InChI=1S/C10H23NO2/c1-8(7-12)6-11-9(2,3)10(4,5)13/h8,11-13H,6-7H2,1-5H3. The minimum atomic E-state index is -0.762. The molecule has 0 aromatic carbocycles. The number of nitrogens with one attached hydrogen (secondary N) is 1. The molecule has 3 nitrogen and oxygen atoms in total. The quantitative estimate of drug-likeness (QED) is 0.598. The Morgan fingerprint density at radius 2 is 1.69 bits per heavy atom. The van der Waals surface area contributed by atoms with Crippen LogP contribution < -0.4 is 5.32 Å². The van der Waals surface area contributed by atoms with Gasteiger partial charge in [0, 0.05) is 18.7 Å². The van der Waals surface area contributed by atoms with Crippen LogP contribution in [0, 0.1) is 5.92 Å². The highest BCUT2D eigenvalue weighted by atomic mass is 16.3. The highest BCUT2D eigenvalue weighted by Crippen LogP contribution is 2.20. The Bertz CT molecular complexity index is 149. The van der Waals surface area contributed by atoms with E-state index in [1.54, 1.807) is 13.8 Å². The van der Waals surface area contributed by atoms with Crippen molar-refractivity contribution in [3.63, 3.8) is 0 Å². The van der Waals surface area contributed by atoms with Gasteiger partial charge in [-0.25, -0.2) is 0 Å². The Balaban J connectivity index is 4.04. The van der Waals surface area contributed by atoms with Gasteiger partial charge in [-0.2, -0.15) is 0 Å². The fraction of sp³-hybridized carbons (Fsp3) is 1.00. The maximum Gasteiger partial charge on any atom is 0.0767 e. The molecule has 0 bridgehead atoms. The molecule has 0 rings (SSSR count). The van der Waals surface area contributed by atoms with Crippen molar-refractivity contribution in [2.24, 2.45) is 5.92 Å². The van der Waals surface area contributed by atoms with Crippen LogP contribution in [0.25, 0.3) is 0 Å². The van der Waals surface area contributed by atoms with E-state index in [-0.39, 0.29) is 18.1 Å². The molecule has 0 aliphatic carbocycles. The molecule has 0 aromatic heterocycles. The van der Waals surface area contributed by atoms with Gasteiger partial charge in [-0.1, -0.05) is 6.92 Å². The zero-order chi connectivity index (χ0) is 10.7. The van der Waals surface area contributed by atoms with Crippen molar-refractivity contribution in [2.75, 3.05) is 13.2 Å². The normalized spacial score (nSPS) is 15.9. The first-order chi connectivity index (χ1) is 5.70. The molecule has 1 unspecified atom stereocenters. The van der Waals surface area contributed by atoms with Crippen LogP contribution in [0.3, 0.4) is 0 Å². The Morgan fingerprint density at radius 3 is 2.00 bits per heavy atom. The average molecular weight is 189 g/mol. The van der Waals surface area contributed by atoms with Crippen molar-refractivity contribution in [1.82, 2.24) is 5.32 Å². The summed E-state index contributed by atoms with van der Waals surface area (Å²) >= 11 is 0. The summed E-state index contributed by atoms with van der Waals surface area (Å²) in [5, 5.41) is 21.9. The Kier molecular flexibility index (Phi) is 4.36. The van der Waals surface area contributed by atoms with Gasteiger partial charge in [0.1, 0.15) is 0 Å². The van der Waals surface area contributed by atoms with Crippen molar-refractivity contribution >= 4 is 0 Å². The second kappa shape index (κ2) is 4.40. The molecule has 0 heterocycles. The smallest absolute Gasteiger partial charge is 0.0767 e. The van der Waals surface area contributed by atoms with E-state index in [1.807, 2.05) is 20.8 Å². The molecule has 0 aromatic rings. The van der Waals surface area contributed by atoms with Crippen LogP contribution in [0.15, 0.2) is 0 Å². The second-order valence-corrected chi connectivity index (χ2v) is 4.85. The highest BCUT2D eigenvalue weighted by molar-refractivity contribution is 4.93. The molecule has 0 saturated heterocycles. The van der Waals surface area contributed by atoms with Crippen molar-refractivity contribution in [2.45, 2.75) is 45.8 Å². The molecule has 0 spiro atoms. The summed E-state index contributed by atoms with van der Waals surface area (Å²) in [6.45, 7) is 10.3. The molecule has 0 amide bonds. The molecule has 0 aliphatic heterocycles. The maximum atomic E-state index is 9.81. The summed E-state index contributed by atoms with van der Waals surface area (Å²) in [6, 6.07) is 0. The Labute approximate surface area is 81.2 Å². The number of hydrogen-bond donors (Lipinski definition) is 3. The van der Waals surface area contributed by atoms with Gasteiger partial charge < -0.3 is 15.5 Å². The third kappa shape index (κ3) is 4.07. The van der Waals surface area contributed by atoms with Gasteiger partial charge in [0.05, 0.1) is 5.60 Å². The maximum absolute atomic E-state index is 9.81. The van der Waals surface area contributed by atoms with Gasteiger partial charge in [-0.05, 0) is 33.6 Å². The number of aliphatic hydroxyl groups excluding tert-OH is 1. The third-order valence-corrected chi connectivity index (χ3v) is 2.73. The molecular weight excluding hydrogens is 166 g/mol. The largest absolute Gasteiger partial charge is 0.396 e. The van der Waals surface area contributed by atoms with Gasteiger partial charge >= 0.3 is 0 Å². The van der Waals surface area contributed by atoms with E-state index in [1.165, 1.54) is 0 Å². The van der Waals surface area contributed by atoms with E-state index in [2.05, 4.69) is 5.32 Å². The van der Waals surface area contributed by atoms with Crippen LogP contribution in [0.4, 0.5) is 0 Å². The van der Waals surface area contributed by atoms with E-state index in [0.717, 1.165) is 0 Å². The predicted molar refractivity (Wildman–Crippen MR) is 54.6 cm³/mol. The van der Waals surface area contributed by atoms with Crippen molar-refractivity contribution in [3.05, 3.63) is 0 Å². The fourth-order valence-corrected chi connectivity index (χ4v) is 0.710.